The molecule has 1 atom stereocenters. The SMILES string of the molecule is C=C(C)C(=O)OC(C)N(S(C)(=O)=O)S(C)(=O)=O.Cl. The molecular weight excluding hydrogens is 306 g/mol. The van der Waals surface area contributed by atoms with E-state index in [9.17, 15) is 21.6 Å². The first-order valence-electron chi connectivity index (χ1n) is 4.43. The summed E-state index contributed by atoms with van der Waals surface area (Å²) in [6.45, 7) is 5.80. The van der Waals surface area contributed by atoms with Gasteiger partial charge in [0, 0.05) is 5.57 Å². The molecule has 0 amide bonds. The summed E-state index contributed by atoms with van der Waals surface area (Å²) < 4.78 is 50.0. The Morgan fingerprint density at radius 3 is 1.72 bits per heavy atom. The van der Waals surface area contributed by atoms with Crippen molar-refractivity contribution in [3.05, 3.63) is 12.2 Å². The maximum Gasteiger partial charge on any atom is 0.334 e. The highest BCUT2D eigenvalue weighted by atomic mass is 35.5. The van der Waals surface area contributed by atoms with E-state index < -0.39 is 32.2 Å². The molecule has 0 aromatic rings. The number of rotatable bonds is 5. The highest BCUT2D eigenvalue weighted by molar-refractivity contribution is 8.03. The van der Waals surface area contributed by atoms with Crippen molar-refractivity contribution in [2.24, 2.45) is 0 Å². The molecule has 0 aliphatic rings. The number of carbonyl (C=O) groups excluding carboxylic acids is 1. The second-order valence-electron chi connectivity index (χ2n) is 3.54. The first kappa shape index (κ1) is 19.7. The van der Waals surface area contributed by atoms with Crippen LogP contribution in [0.4, 0.5) is 0 Å². The maximum absolute atomic E-state index is 11.3. The zero-order valence-corrected chi connectivity index (χ0v) is 12.9. The molecule has 0 rings (SSSR count). The smallest absolute Gasteiger partial charge is 0.334 e. The number of esters is 1. The predicted molar refractivity (Wildman–Crippen MR) is 69.1 cm³/mol. The summed E-state index contributed by atoms with van der Waals surface area (Å²) in [6, 6.07) is 0. The summed E-state index contributed by atoms with van der Waals surface area (Å²) in [5, 5.41) is 0. The van der Waals surface area contributed by atoms with E-state index >= 15 is 0 Å². The summed E-state index contributed by atoms with van der Waals surface area (Å²) >= 11 is 0. The summed E-state index contributed by atoms with van der Waals surface area (Å²) in [4.78, 5) is 11.2. The average Bonchev–Trinajstić information content (AvgIpc) is 1.96. The molecule has 1 unspecified atom stereocenters. The lowest BCUT2D eigenvalue weighted by Gasteiger charge is -2.24. The third kappa shape index (κ3) is 5.80. The first-order chi connectivity index (χ1) is 7.37. The number of nitrogens with zero attached hydrogens (tertiary/aromatic N) is 1. The monoisotopic (exact) mass is 321 g/mol. The summed E-state index contributed by atoms with van der Waals surface area (Å²) in [5.74, 6) is -0.866. The zero-order chi connectivity index (χ0) is 14.0. The lowest BCUT2D eigenvalue weighted by molar-refractivity contribution is -0.146. The molecule has 0 fully saturated rings. The fourth-order valence-corrected chi connectivity index (χ4v) is 4.22. The molecule has 10 heteroatoms. The topological polar surface area (TPSA) is 97.8 Å². The van der Waals surface area contributed by atoms with Crippen molar-refractivity contribution >= 4 is 38.4 Å². The van der Waals surface area contributed by atoms with Crippen molar-refractivity contribution in [1.29, 1.82) is 0 Å². The molecule has 108 valence electrons. The molecule has 18 heavy (non-hydrogen) atoms. The third-order valence-electron chi connectivity index (χ3n) is 1.58. The maximum atomic E-state index is 11.3. The van der Waals surface area contributed by atoms with E-state index in [0.717, 1.165) is 6.92 Å². The third-order valence-corrected chi connectivity index (χ3v) is 5.10. The molecule has 0 saturated heterocycles. The number of sulfonamides is 2. The number of carbonyl (C=O) groups is 1. The molecular formula is C8H16ClNO6S2. The van der Waals surface area contributed by atoms with Crippen LogP contribution in [0.2, 0.25) is 0 Å². The minimum Gasteiger partial charge on any atom is -0.441 e. The van der Waals surface area contributed by atoms with Crippen LogP contribution in [0.5, 0.6) is 0 Å². The summed E-state index contributed by atoms with van der Waals surface area (Å²) in [7, 11) is -8.11. The van der Waals surface area contributed by atoms with Crippen molar-refractivity contribution in [3.8, 4) is 0 Å². The Hall–Kier alpha value is -0.640. The highest BCUT2D eigenvalue weighted by Gasteiger charge is 2.34. The minimum absolute atomic E-state index is 0. The molecule has 0 N–H and O–H groups in total. The Kier molecular flexibility index (Phi) is 7.12. The van der Waals surface area contributed by atoms with Crippen LogP contribution in [0.25, 0.3) is 0 Å². The Morgan fingerprint density at radius 2 is 1.50 bits per heavy atom. The Balaban J connectivity index is 0. The van der Waals surface area contributed by atoms with Gasteiger partial charge in [0.25, 0.3) is 0 Å². The van der Waals surface area contributed by atoms with Gasteiger partial charge < -0.3 is 4.74 Å². The van der Waals surface area contributed by atoms with E-state index in [1.807, 2.05) is 0 Å². The summed E-state index contributed by atoms with van der Waals surface area (Å²) in [5.41, 5.74) is 0.0406. The van der Waals surface area contributed by atoms with Crippen LogP contribution in [-0.4, -0.2) is 45.3 Å². The normalized spacial score (nSPS) is 13.6. The van der Waals surface area contributed by atoms with Crippen molar-refractivity contribution in [2.45, 2.75) is 20.1 Å². The van der Waals surface area contributed by atoms with Gasteiger partial charge in [0.15, 0.2) is 6.23 Å². The quantitative estimate of drug-likeness (QED) is 0.404. The fraction of sp³-hybridized carbons (Fsp3) is 0.625. The molecule has 0 aliphatic carbocycles. The van der Waals surface area contributed by atoms with Crippen LogP contribution in [0.1, 0.15) is 13.8 Å². The van der Waals surface area contributed by atoms with Gasteiger partial charge in [-0.3, -0.25) is 0 Å². The molecule has 0 radical (unpaired) electrons. The van der Waals surface area contributed by atoms with Crippen molar-refractivity contribution < 1.29 is 26.4 Å². The van der Waals surface area contributed by atoms with E-state index in [1.54, 1.807) is 0 Å². The summed E-state index contributed by atoms with van der Waals surface area (Å²) in [6.07, 6.45) is -0.0395. The van der Waals surface area contributed by atoms with Crippen LogP contribution >= 0.6 is 12.4 Å². The van der Waals surface area contributed by atoms with E-state index in [1.165, 1.54) is 6.92 Å². The van der Waals surface area contributed by atoms with Crippen molar-refractivity contribution in [1.82, 2.24) is 3.71 Å². The predicted octanol–water partition coefficient (Wildman–Crippen LogP) is 0.0947. The van der Waals surface area contributed by atoms with Gasteiger partial charge in [-0.15, -0.1) is 12.4 Å². The average molecular weight is 322 g/mol. The van der Waals surface area contributed by atoms with Gasteiger partial charge >= 0.3 is 5.97 Å². The standard InChI is InChI=1S/C8H15NO6S2.ClH/c1-6(2)8(10)15-7(3)9(16(4,11)12)17(5,13)14;/h7H,1H2,2-5H3;1H. The molecule has 0 aromatic carbocycles. The van der Waals surface area contributed by atoms with E-state index in [4.69, 9.17) is 0 Å². The van der Waals surface area contributed by atoms with Crippen LogP contribution in [0.3, 0.4) is 0 Å². The second-order valence-corrected chi connectivity index (χ2v) is 7.49. The van der Waals surface area contributed by atoms with Gasteiger partial charge in [0.2, 0.25) is 20.0 Å². The van der Waals surface area contributed by atoms with E-state index in [0.29, 0.717) is 12.5 Å². The number of ether oxygens (including phenoxy) is 1. The van der Waals surface area contributed by atoms with Gasteiger partial charge in [-0.1, -0.05) is 10.3 Å². The van der Waals surface area contributed by atoms with Crippen LogP contribution in [0, 0.1) is 0 Å². The molecule has 0 saturated carbocycles. The Bertz CT molecular complexity index is 492. The second kappa shape index (κ2) is 6.50. The highest BCUT2D eigenvalue weighted by Crippen LogP contribution is 2.13. The van der Waals surface area contributed by atoms with Gasteiger partial charge in [-0.05, 0) is 13.8 Å². The Labute approximate surface area is 113 Å². The first-order valence-corrected chi connectivity index (χ1v) is 8.13. The molecule has 0 aromatic heterocycles. The van der Waals surface area contributed by atoms with Crippen LogP contribution in [0.15, 0.2) is 12.2 Å². The van der Waals surface area contributed by atoms with Crippen molar-refractivity contribution in [3.63, 3.8) is 0 Å². The van der Waals surface area contributed by atoms with Crippen molar-refractivity contribution in [2.75, 3.05) is 12.5 Å². The minimum atomic E-state index is -4.05. The van der Waals surface area contributed by atoms with Crippen LogP contribution < -0.4 is 0 Å². The van der Waals surface area contributed by atoms with E-state index in [2.05, 4.69) is 11.3 Å². The van der Waals surface area contributed by atoms with Gasteiger partial charge in [-0.25, -0.2) is 21.6 Å². The number of hydrogen-bond acceptors (Lipinski definition) is 6. The fourth-order valence-electron chi connectivity index (χ4n) is 1.08. The van der Waals surface area contributed by atoms with E-state index in [-0.39, 0.29) is 21.7 Å². The van der Waals surface area contributed by atoms with Gasteiger partial charge in [0.05, 0.1) is 12.5 Å². The lowest BCUT2D eigenvalue weighted by Crippen LogP contribution is -2.44. The molecule has 0 bridgehead atoms. The van der Waals surface area contributed by atoms with Crippen LogP contribution in [-0.2, 0) is 29.6 Å². The lowest BCUT2D eigenvalue weighted by atomic mass is 10.4. The largest absolute Gasteiger partial charge is 0.441 e. The molecule has 0 heterocycles. The van der Waals surface area contributed by atoms with Gasteiger partial charge in [0.1, 0.15) is 0 Å². The Morgan fingerprint density at radius 1 is 1.17 bits per heavy atom. The number of halogens is 1. The molecule has 0 aliphatic heterocycles. The molecule has 0 spiro atoms. The zero-order valence-electron chi connectivity index (χ0n) is 10.4. The van der Waals surface area contributed by atoms with Gasteiger partial charge in [-0.2, -0.15) is 0 Å². The number of hydrogen-bond donors (Lipinski definition) is 0. The molecule has 7 nitrogen and oxygen atoms in total.